The van der Waals surface area contributed by atoms with E-state index in [1.165, 1.54) is 34.6 Å². The Morgan fingerprint density at radius 2 is 2.00 bits per heavy atom. The van der Waals surface area contributed by atoms with E-state index in [2.05, 4.69) is 17.2 Å². The number of anilines is 1. The van der Waals surface area contributed by atoms with E-state index in [-0.39, 0.29) is 18.0 Å². The highest BCUT2D eigenvalue weighted by atomic mass is 32.1. The summed E-state index contributed by atoms with van der Waals surface area (Å²) < 4.78 is 19.3. The first kappa shape index (κ1) is 18.1. The molecule has 1 N–H and O–H groups in total. The van der Waals surface area contributed by atoms with Crippen molar-refractivity contribution in [1.29, 1.82) is 0 Å². The van der Waals surface area contributed by atoms with Gasteiger partial charge in [-0.15, -0.1) is 11.3 Å². The van der Waals surface area contributed by atoms with Gasteiger partial charge < -0.3 is 10.1 Å². The zero-order chi connectivity index (χ0) is 18.5. The zero-order valence-corrected chi connectivity index (χ0v) is 15.4. The summed E-state index contributed by atoms with van der Waals surface area (Å²) in [6.45, 7) is 4.44. The molecule has 0 aliphatic carbocycles. The normalized spacial score (nSPS) is 10.6. The van der Waals surface area contributed by atoms with E-state index >= 15 is 0 Å². The van der Waals surface area contributed by atoms with Gasteiger partial charge in [0.15, 0.2) is 0 Å². The lowest BCUT2D eigenvalue weighted by atomic mass is 10.1. The first-order valence-corrected chi connectivity index (χ1v) is 9.07. The molecule has 3 aromatic rings. The number of halogens is 1. The molecule has 0 spiro atoms. The van der Waals surface area contributed by atoms with Crippen molar-refractivity contribution >= 4 is 22.9 Å². The maximum Gasteiger partial charge on any atom is 0.230 e. The van der Waals surface area contributed by atoms with Gasteiger partial charge in [-0.25, -0.2) is 9.37 Å². The number of nitrogens with zero attached hydrogens (tertiary/aromatic N) is 1. The maximum absolute atomic E-state index is 13.6. The van der Waals surface area contributed by atoms with Crippen molar-refractivity contribution in [3.63, 3.8) is 0 Å². The first-order valence-electron chi connectivity index (χ1n) is 8.19. The first-order chi connectivity index (χ1) is 12.5. The number of para-hydroxylation sites is 1. The molecule has 3 rings (SSSR count). The molecule has 26 heavy (non-hydrogen) atoms. The number of thiazole rings is 1. The Balaban J connectivity index is 1.55. The lowest BCUT2D eigenvalue weighted by molar-refractivity contribution is -0.115. The molecule has 0 bridgehead atoms. The smallest absolute Gasteiger partial charge is 0.230 e. The minimum atomic E-state index is -0.457. The van der Waals surface area contributed by atoms with Crippen molar-refractivity contribution in [2.24, 2.45) is 0 Å². The number of carbonyl (C=O) groups is 1. The summed E-state index contributed by atoms with van der Waals surface area (Å²) in [5.41, 5.74) is 3.20. The number of rotatable bonds is 6. The molecule has 1 amide bonds. The highest BCUT2D eigenvalue weighted by Crippen LogP contribution is 2.19. The quantitative estimate of drug-likeness (QED) is 0.687. The van der Waals surface area contributed by atoms with Crippen LogP contribution in [0.4, 0.5) is 10.1 Å². The molecule has 1 aromatic heterocycles. The van der Waals surface area contributed by atoms with Crippen molar-refractivity contribution in [3.8, 4) is 5.75 Å². The van der Waals surface area contributed by atoms with Crippen LogP contribution < -0.4 is 10.1 Å². The molecule has 134 valence electrons. The van der Waals surface area contributed by atoms with Crippen LogP contribution in [-0.4, -0.2) is 10.9 Å². The second kappa shape index (κ2) is 8.10. The van der Waals surface area contributed by atoms with Gasteiger partial charge in [-0.2, -0.15) is 0 Å². The fourth-order valence-electron chi connectivity index (χ4n) is 2.37. The lowest BCUT2D eigenvalue weighted by Crippen LogP contribution is -2.15. The van der Waals surface area contributed by atoms with Crippen LogP contribution in [0, 0.1) is 19.7 Å². The van der Waals surface area contributed by atoms with Crippen LogP contribution in [-0.2, 0) is 17.8 Å². The standard InChI is InChI=1S/C20H19FN2O2S/c1-13-7-8-16(9-14(13)2)25-11-20-22-15(12-26-20)10-19(24)23-18-6-4-3-5-17(18)21/h3-9,12H,10-11H2,1-2H3,(H,23,24). The van der Waals surface area contributed by atoms with E-state index in [9.17, 15) is 9.18 Å². The summed E-state index contributed by atoms with van der Waals surface area (Å²) in [4.78, 5) is 16.5. The SMILES string of the molecule is Cc1ccc(OCc2nc(CC(=O)Nc3ccccc3F)cs2)cc1C. The number of aryl methyl sites for hydroxylation is 2. The van der Waals surface area contributed by atoms with E-state index in [0.717, 1.165) is 10.8 Å². The number of hydrogen-bond donors (Lipinski definition) is 1. The fraction of sp³-hybridized carbons (Fsp3) is 0.200. The minimum absolute atomic E-state index is 0.0917. The molecule has 6 heteroatoms. The summed E-state index contributed by atoms with van der Waals surface area (Å²) in [5.74, 6) is 0.0331. The minimum Gasteiger partial charge on any atom is -0.486 e. The summed E-state index contributed by atoms with van der Waals surface area (Å²) in [6.07, 6.45) is 0.0917. The molecular weight excluding hydrogens is 351 g/mol. The van der Waals surface area contributed by atoms with Crippen molar-refractivity contribution in [2.75, 3.05) is 5.32 Å². The Hall–Kier alpha value is -2.73. The summed E-state index contributed by atoms with van der Waals surface area (Å²) in [5, 5.41) is 5.17. The number of benzene rings is 2. The molecule has 0 fully saturated rings. The molecule has 0 saturated heterocycles. The number of ether oxygens (including phenoxy) is 1. The van der Waals surface area contributed by atoms with Gasteiger partial charge in [0, 0.05) is 5.38 Å². The van der Waals surface area contributed by atoms with Gasteiger partial charge in [0.1, 0.15) is 23.2 Å². The number of hydrogen-bond acceptors (Lipinski definition) is 4. The molecule has 0 radical (unpaired) electrons. The van der Waals surface area contributed by atoms with Gasteiger partial charge in [-0.3, -0.25) is 4.79 Å². The summed E-state index contributed by atoms with van der Waals surface area (Å²) in [7, 11) is 0. The second-order valence-corrected chi connectivity index (χ2v) is 6.91. The van der Waals surface area contributed by atoms with Crippen LogP contribution in [0.1, 0.15) is 21.8 Å². The molecule has 0 saturated carbocycles. The number of aromatic nitrogens is 1. The predicted octanol–water partition coefficient (Wildman–Crippen LogP) is 4.66. The lowest BCUT2D eigenvalue weighted by Gasteiger charge is -2.06. The molecule has 0 aliphatic heterocycles. The monoisotopic (exact) mass is 370 g/mol. The largest absolute Gasteiger partial charge is 0.486 e. The maximum atomic E-state index is 13.6. The zero-order valence-electron chi connectivity index (χ0n) is 14.6. The molecule has 0 aliphatic rings. The van der Waals surface area contributed by atoms with Crippen LogP contribution in [0.2, 0.25) is 0 Å². The van der Waals surface area contributed by atoms with Gasteiger partial charge in [0.05, 0.1) is 17.8 Å². The average molecular weight is 370 g/mol. The molecule has 2 aromatic carbocycles. The van der Waals surface area contributed by atoms with Crippen LogP contribution in [0.25, 0.3) is 0 Å². The highest BCUT2D eigenvalue weighted by molar-refractivity contribution is 7.09. The molecule has 0 unspecified atom stereocenters. The van der Waals surface area contributed by atoms with Gasteiger partial charge >= 0.3 is 0 Å². The van der Waals surface area contributed by atoms with E-state index in [1.54, 1.807) is 12.1 Å². The van der Waals surface area contributed by atoms with Gasteiger partial charge in [0.2, 0.25) is 5.91 Å². The number of carbonyl (C=O) groups excluding carboxylic acids is 1. The Labute approximate surface area is 155 Å². The molecule has 1 heterocycles. The van der Waals surface area contributed by atoms with Gasteiger partial charge in [-0.05, 0) is 49.2 Å². The highest BCUT2D eigenvalue weighted by Gasteiger charge is 2.10. The molecular formula is C20H19FN2O2S. The summed E-state index contributed by atoms with van der Waals surface area (Å²) in [6, 6.07) is 12.0. The predicted molar refractivity (Wildman–Crippen MR) is 101 cm³/mol. The molecule has 4 nitrogen and oxygen atoms in total. The third-order valence-electron chi connectivity index (χ3n) is 3.93. The average Bonchev–Trinajstić information content (AvgIpc) is 3.05. The van der Waals surface area contributed by atoms with Crippen LogP contribution in [0.15, 0.2) is 47.8 Å². The van der Waals surface area contributed by atoms with Crippen molar-refractivity contribution in [1.82, 2.24) is 4.98 Å². The Kier molecular flexibility index (Phi) is 5.63. The Morgan fingerprint density at radius 1 is 1.19 bits per heavy atom. The van der Waals surface area contributed by atoms with Crippen LogP contribution in [0.5, 0.6) is 5.75 Å². The van der Waals surface area contributed by atoms with E-state index in [4.69, 9.17) is 4.74 Å². The molecule has 0 atom stereocenters. The van der Waals surface area contributed by atoms with Crippen molar-refractivity contribution < 1.29 is 13.9 Å². The summed E-state index contributed by atoms with van der Waals surface area (Å²) >= 11 is 1.44. The van der Waals surface area contributed by atoms with Crippen LogP contribution >= 0.6 is 11.3 Å². The van der Waals surface area contributed by atoms with Crippen LogP contribution in [0.3, 0.4) is 0 Å². The van der Waals surface area contributed by atoms with Gasteiger partial charge in [-0.1, -0.05) is 18.2 Å². The second-order valence-electron chi connectivity index (χ2n) is 5.97. The van der Waals surface area contributed by atoms with Crippen molar-refractivity contribution in [3.05, 3.63) is 75.5 Å². The third kappa shape index (κ3) is 4.67. The van der Waals surface area contributed by atoms with E-state index in [1.807, 2.05) is 30.5 Å². The van der Waals surface area contributed by atoms with E-state index < -0.39 is 5.82 Å². The topological polar surface area (TPSA) is 51.2 Å². The van der Waals surface area contributed by atoms with Gasteiger partial charge in [0.25, 0.3) is 0 Å². The van der Waals surface area contributed by atoms with E-state index in [0.29, 0.717) is 12.3 Å². The third-order valence-corrected chi connectivity index (χ3v) is 4.80. The fourth-order valence-corrected chi connectivity index (χ4v) is 3.07. The van der Waals surface area contributed by atoms with Crippen molar-refractivity contribution in [2.45, 2.75) is 26.9 Å². The number of nitrogens with one attached hydrogen (secondary N) is 1. The number of amides is 1. The Morgan fingerprint density at radius 3 is 2.77 bits per heavy atom. The Bertz CT molecular complexity index is 924.